The molecule has 1 N–H and O–H groups in total. The summed E-state index contributed by atoms with van der Waals surface area (Å²) in [4.78, 5) is 13.3. The van der Waals surface area contributed by atoms with E-state index in [2.05, 4.69) is 49.9 Å². The maximum atomic E-state index is 4.71. The molecule has 0 bridgehead atoms. The van der Waals surface area contributed by atoms with Gasteiger partial charge in [0.1, 0.15) is 5.82 Å². The van der Waals surface area contributed by atoms with Gasteiger partial charge >= 0.3 is 0 Å². The van der Waals surface area contributed by atoms with Crippen molar-refractivity contribution in [2.45, 2.75) is 52.6 Å². The fourth-order valence-electron chi connectivity index (χ4n) is 1.80. The van der Waals surface area contributed by atoms with E-state index < -0.39 is 0 Å². The summed E-state index contributed by atoms with van der Waals surface area (Å²) in [5.41, 5.74) is 2.02. The van der Waals surface area contributed by atoms with Crippen LogP contribution in [0.5, 0.6) is 0 Å². The van der Waals surface area contributed by atoms with Gasteiger partial charge in [-0.2, -0.15) is 0 Å². The Hall–Kier alpha value is -1.75. The van der Waals surface area contributed by atoms with Crippen LogP contribution in [0.1, 0.15) is 52.1 Å². The van der Waals surface area contributed by atoms with Gasteiger partial charge in [0.15, 0.2) is 0 Å². The molecule has 0 saturated carbocycles. The van der Waals surface area contributed by atoms with E-state index in [0.29, 0.717) is 12.5 Å². The molecule has 108 valence electrons. The van der Waals surface area contributed by atoms with Crippen molar-refractivity contribution in [2.75, 3.05) is 0 Å². The molecular weight excluding hydrogens is 250 g/mol. The van der Waals surface area contributed by atoms with Crippen molar-refractivity contribution in [3.05, 3.63) is 36.4 Å². The minimum Gasteiger partial charge on any atom is -0.306 e. The Morgan fingerprint density at radius 1 is 1.30 bits per heavy atom. The number of hydrogen-bond donors (Lipinski definition) is 1. The van der Waals surface area contributed by atoms with Crippen molar-refractivity contribution >= 4 is 0 Å². The predicted molar refractivity (Wildman–Crippen MR) is 79.8 cm³/mol. The first kappa shape index (κ1) is 14.7. The molecule has 20 heavy (non-hydrogen) atoms. The van der Waals surface area contributed by atoms with E-state index in [-0.39, 0.29) is 5.54 Å². The summed E-state index contributed by atoms with van der Waals surface area (Å²) in [5.74, 6) is 1.19. The van der Waals surface area contributed by atoms with Gasteiger partial charge in [-0.25, -0.2) is 15.0 Å². The zero-order chi connectivity index (χ0) is 14.8. The van der Waals surface area contributed by atoms with E-state index in [1.165, 1.54) is 0 Å². The topological polar surface area (TPSA) is 55.6 Å². The number of rotatable bonds is 4. The lowest BCUT2D eigenvalue weighted by molar-refractivity contribution is 0.420. The van der Waals surface area contributed by atoms with Gasteiger partial charge in [-0.1, -0.05) is 13.8 Å². The third-order valence-corrected chi connectivity index (χ3v) is 2.95. The van der Waals surface area contributed by atoms with Gasteiger partial charge in [0.2, 0.25) is 0 Å². The Morgan fingerprint density at radius 3 is 2.60 bits per heavy atom. The quantitative estimate of drug-likeness (QED) is 0.930. The van der Waals surface area contributed by atoms with Crippen LogP contribution in [0, 0.1) is 0 Å². The highest BCUT2D eigenvalue weighted by Gasteiger charge is 2.14. The van der Waals surface area contributed by atoms with Crippen molar-refractivity contribution in [3.63, 3.8) is 0 Å². The van der Waals surface area contributed by atoms with Gasteiger partial charge in [-0.3, -0.25) is 0 Å². The molecular formula is C15H23N5. The maximum Gasteiger partial charge on any atom is 0.131 e. The molecule has 2 aromatic rings. The molecule has 0 amide bonds. The summed E-state index contributed by atoms with van der Waals surface area (Å²) >= 11 is 0. The second kappa shape index (κ2) is 5.71. The number of aromatic nitrogens is 4. The van der Waals surface area contributed by atoms with E-state index in [1.807, 2.05) is 17.0 Å². The molecule has 2 rings (SSSR count). The Kier molecular flexibility index (Phi) is 4.18. The SMILES string of the molecule is CC(C)c1ncc(-n2ccnc2)c(CNC(C)(C)C)n1. The van der Waals surface area contributed by atoms with Crippen molar-refractivity contribution in [1.29, 1.82) is 0 Å². The zero-order valence-electron chi connectivity index (χ0n) is 12.9. The van der Waals surface area contributed by atoms with Crippen molar-refractivity contribution < 1.29 is 0 Å². The molecule has 0 radical (unpaired) electrons. The highest BCUT2D eigenvalue weighted by atomic mass is 15.1. The standard InChI is InChI=1S/C15H23N5/c1-11(2)14-17-9-13(20-7-6-16-10-20)12(19-14)8-18-15(3,4)5/h6-7,9-11,18H,8H2,1-5H3. The largest absolute Gasteiger partial charge is 0.306 e. The Balaban J connectivity index is 2.36. The van der Waals surface area contributed by atoms with Gasteiger partial charge in [-0.15, -0.1) is 0 Å². The lowest BCUT2D eigenvalue weighted by atomic mass is 10.1. The zero-order valence-corrected chi connectivity index (χ0v) is 12.9. The van der Waals surface area contributed by atoms with E-state index in [9.17, 15) is 0 Å². The normalized spacial score (nSPS) is 12.1. The van der Waals surface area contributed by atoms with Crippen LogP contribution in [0.2, 0.25) is 0 Å². The highest BCUT2D eigenvalue weighted by Crippen LogP contribution is 2.16. The molecule has 0 aliphatic rings. The second-order valence-corrected chi connectivity index (χ2v) is 6.29. The summed E-state index contributed by atoms with van der Waals surface area (Å²) in [6, 6.07) is 0. The van der Waals surface area contributed by atoms with E-state index in [0.717, 1.165) is 17.2 Å². The van der Waals surface area contributed by atoms with Crippen molar-refractivity contribution in [3.8, 4) is 5.69 Å². The highest BCUT2D eigenvalue weighted by molar-refractivity contribution is 5.34. The van der Waals surface area contributed by atoms with Crippen LogP contribution in [-0.4, -0.2) is 25.1 Å². The molecule has 5 heteroatoms. The first-order chi connectivity index (χ1) is 9.37. The fraction of sp³-hybridized carbons (Fsp3) is 0.533. The average molecular weight is 273 g/mol. The lowest BCUT2D eigenvalue weighted by Crippen LogP contribution is -2.35. The summed E-state index contributed by atoms with van der Waals surface area (Å²) in [5, 5.41) is 3.48. The molecule has 0 aliphatic heterocycles. The smallest absolute Gasteiger partial charge is 0.131 e. The first-order valence-corrected chi connectivity index (χ1v) is 6.96. The van der Waals surface area contributed by atoms with Gasteiger partial charge in [0.05, 0.1) is 23.9 Å². The fourth-order valence-corrected chi connectivity index (χ4v) is 1.80. The summed E-state index contributed by atoms with van der Waals surface area (Å²) in [7, 11) is 0. The van der Waals surface area contributed by atoms with E-state index in [1.54, 1.807) is 12.5 Å². The molecule has 2 aromatic heterocycles. The molecule has 5 nitrogen and oxygen atoms in total. The van der Waals surface area contributed by atoms with Gasteiger partial charge in [-0.05, 0) is 20.8 Å². The van der Waals surface area contributed by atoms with Crippen LogP contribution in [0.4, 0.5) is 0 Å². The third-order valence-electron chi connectivity index (χ3n) is 2.95. The molecule has 0 aromatic carbocycles. The number of nitrogens with zero attached hydrogens (tertiary/aromatic N) is 4. The van der Waals surface area contributed by atoms with Crippen LogP contribution in [0.15, 0.2) is 24.9 Å². The third kappa shape index (κ3) is 3.63. The molecule has 0 saturated heterocycles. The van der Waals surface area contributed by atoms with Crippen molar-refractivity contribution in [1.82, 2.24) is 24.8 Å². The number of imidazole rings is 1. The minimum absolute atomic E-state index is 0.0507. The molecule has 0 aliphatic carbocycles. The summed E-state index contributed by atoms with van der Waals surface area (Å²) in [6.07, 6.45) is 7.32. The Bertz CT molecular complexity index is 552. The number of hydrogen-bond acceptors (Lipinski definition) is 4. The molecule has 0 atom stereocenters. The molecule has 0 spiro atoms. The molecule has 2 heterocycles. The van der Waals surface area contributed by atoms with Crippen LogP contribution in [0.3, 0.4) is 0 Å². The first-order valence-electron chi connectivity index (χ1n) is 6.96. The molecule has 0 unspecified atom stereocenters. The van der Waals surface area contributed by atoms with Crippen molar-refractivity contribution in [2.24, 2.45) is 0 Å². The second-order valence-electron chi connectivity index (χ2n) is 6.29. The summed E-state index contributed by atoms with van der Waals surface area (Å²) < 4.78 is 1.95. The monoisotopic (exact) mass is 273 g/mol. The average Bonchev–Trinajstić information content (AvgIpc) is 2.88. The van der Waals surface area contributed by atoms with E-state index in [4.69, 9.17) is 4.98 Å². The van der Waals surface area contributed by atoms with Crippen LogP contribution in [-0.2, 0) is 6.54 Å². The predicted octanol–water partition coefficient (Wildman–Crippen LogP) is 2.67. The van der Waals surface area contributed by atoms with E-state index >= 15 is 0 Å². The Morgan fingerprint density at radius 2 is 2.05 bits per heavy atom. The Labute approximate surface area is 120 Å². The van der Waals surface area contributed by atoms with Crippen LogP contribution in [0.25, 0.3) is 5.69 Å². The lowest BCUT2D eigenvalue weighted by Gasteiger charge is -2.21. The molecule has 0 fully saturated rings. The maximum absolute atomic E-state index is 4.71. The van der Waals surface area contributed by atoms with Gasteiger partial charge in [0, 0.05) is 30.4 Å². The minimum atomic E-state index is 0.0507. The van der Waals surface area contributed by atoms with Gasteiger partial charge < -0.3 is 9.88 Å². The van der Waals surface area contributed by atoms with Crippen LogP contribution < -0.4 is 5.32 Å². The van der Waals surface area contributed by atoms with Gasteiger partial charge in [0.25, 0.3) is 0 Å². The number of nitrogens with one attached hydrogen (secondary N) is 1. The van der Waals surface area contributed by atoms with Crippen LogP contribution >= 0.6 is 0 Å². The summed E-state index contributed by atoms with van der Waals surface area (Å²) in [6.45, 7) is 11.4.